The Morgan fingerprint density at radius 2 is 2.14 bits per heavy atom. The Morgan fingerprint density at radius 3 is 2.95 bits per heavy atom. The maximum absolute atomic E-state index is 6.29. The van der Waals surface area contributed by atoms with E-state index in [-0.39, 0.29) is 0 Å². The van der Waals surface area contributed by atoms with Gasteiger partial charge in [-0.1, -0.05) is 41.9 Å². The van der Waals surface area contributed by atoms with Crippen LogP contribution in [-0.2, 0) is 6.54 Å². The molecular weight excluding hydrogens is 312 g/mol. The van der Waals surface area contributed by atoms with E-state index in [0.29, 0.717) is 5.92 Å². The van der Waals surface area contributed by atoms with Crippen molar-refractivity contribution in [2.24, 2.45) is 4.99 Å². The van der Waals surface area contributed by atoms with Crippen molar-refractivity contribution in [1.29, 1.82) is 0 Å². The van der Waals surface area contributed by atoms with Gasteiger partial charge in [0.2, 0.25) is 0 Å². The van der Waals surface area contributed by atoms with Gasteiger partial charge < -0.3 is 4.90 Å². The minimum atomic E-state index is 0.378. The molecule has 0 saturated heterocycles. The molecule has 1 aromatic carbocycles. The van der Waals surface area contributed by atoms with Crippen LogP contribution in [0.2, 0.25) is 4.34 Å². The Bertz CT molecular complexity index is 775. The summed E-state index contributed by atoms with van der Waals surface area (Å²) >= 11 is 8.00. The van der Waals surface area contributed by atoms with E-state index in [1.807, 2.05) is 6.21 Å². The maximum Gasteiger partial charge on any atom is 0.0934 e. The summed E-state index contributed by atoms with van der Waals surface area (Å²) in [6.07, 6.45) is 4.19. The molecule has 0 fully saturated rings. The van der Waals surface area contributed by atoms with Crippen LogP contribution in [0.4, 0.5) is 0 Å². The zero-order valence-corrected chi connectivity index (χ0v) is 14.0. The van der Waals surface area contributed by atoms with Crippen molar-refractivity contribution in [3.05, 3.63) is 62.3 Å². The molecule has 0 amide bonds. The van der Waals surface area contributed by atoms with Gasteiger partial charge in [0.1, 0.15) is 0 Å². The summed E-state index contributed by atoms with van der Waals surface area (Å²) < 4.78 is 0.893. The van der Waals surface area contributed by atoms with Gasteiger partial charge in [0, 0.05) is 30.1 Å². The van der Waals surface area contributed by atoms with Crippen LogP contribution in [0, 0.1) is 0 Å². The van der Waals surface area contributed by atoms with Crippen LogP contribution in [0.3, 0.4) is 0 Å². The van der Waals surface area contributed by atoms with Crippen molar-refractivity contribution >= 4 is 34.7 Å². The third-order valence-electron chi connectivity index (χ3n) is 4.39. The van der Waals surface area contributed by atoms with Gasteiger partial charge in [-0.3, -0.25) is 4.99 Å². The highest BCUT2D eigenvalue weighted by Gasteiger charge is 2.28. The molecule has 1 aromatic heterocycles. The molecule has 4 heteroatoms. The number of likely N-dealkylation sites (N-methyl/N-ethyl adjacent to an activating group) is 1. The SMILES string of the molecule is CN1Cc2sc(Cl)cc2C(c2ccccc2C2=CCN=C2)C1. The van der Waals surface area contributed by atoms with Crippen LogP contribution in [0.25, 0.3) is 5.57 Å². The van der Waals surface area contributed by atoms with Gasteiger partial charge in [-0.2, -0.15) is 0 Å². The second-order valence-electron chi connectivity index (χ2n) is 5.92. The van der Waals surface area contributed by atoms with Crippen LogP contribution < -0.4 is 0 Å². The Morgan fingerprint density at radius 1 is 1.27 bits per heavy atom. The molecule has 0 aliphatic carbocycles. The van der Waals surface area contributed by atoms with Crippen molar-refractivity contribution in [1.82, 2.24) is 4.90 Å². The number of fused-ring (bicyclic) bond motifs is 1. The Hall–Kier alpha value is -1.42. The molecule has 2 aromatic rings. The van der Waals surface area contributed by atoms with Crippen molar-refractivity contribution in [2.75, 3.05) is 20.1 Å². The summed E-state index contributed by atoms with van der Waals surface area (Å²) in [5.74, 6) is 0.378. The van der Waals surface area contributed by atoms with E-state index < -0.39 is 0 Å². The van der Waals surface area contributed by atoms with Gasteiger partial charge in [-0.15, -0.1) is 11.3 Å². The molecule has 0 spiro atoms. The van der Waals surface area contributed by atoms with Gasteiger partial charge >= 0.3 is 0 Å². The molecule has 22 heavy (non-hydrogen) atoms. The first-order valence-electron chi connectivity index (χ1n) is 7.48. The number of aliphatic imine (C=N–C) groups is 1. The quantitative estimate of drug-likeness (QED) is 0.795. The third-order valence-corrected chi connectivity index (χ3v) is 5.65. The van der Waals surface area contributed by atoms with E-state index >= 15 is 0 Å². The molecule has 0 bridgehead atoms. The first kappa shape index (κ1) is 14.2. The lowest BCUT2D eigenvalue weighted by molar-refractivity contribution is 0.299. The molecule has 0 radical (unpaired) electrons. The average Bonchev–Trinajstić information content (AvgIpc) is 3.15. The van der Waals surface area contributed by atoms with E-state index in [2.05, 4.69) is 53.3 Å². The number of thiophene rings is 1. The van der Waals surface area contributed by atoms with Gasteiger partial charge in [-0.25, -0.2) is 0 Å². The van der Waals surface area contributed by atoms with Gasteiger partial charge in [-0.05, 0) is 35.4 Å². The highest BCUT2D eigenvalue weighted by Crippen LogP contribution is 2.41. The van der Waals surface area contributed by atoms with Crippen molar-refractivity contribution in [3.63, 3.8) is 0 Å². The molecule has 112 valence electrons. The number of hydrogen-bond acceptors (Lipinski definition) is 3. The summed E-state index contributed by atoms with van der Waals surface area (Å²) in [4.78, 5) is 8.12. The Kier molecular flexibility index (Phi) is 3.65. The highest BCUT2D eigenvalue weighted by molar-refractivity contribution is 7.16. The van der Waals surface area contributed by atoms with E-state index in [0.717, 1.165) is 24.0 Å². The lowest BCUT2D eigenvalue weighted by Gasteiger charge is -2.31. The number of benzene rings is 1. The molecule has 2 aliphatic rings. The topological polar surface area (TPSA) is 15.6 Å². The molecule has 2 aliphatic heterocycles. The van der Waals surface area contributed by atoms with Crippen molar-refractivity contribution in [3.8, 4) is 0 Å². The van der Waals surface area contributed by atoms with Crippen LogP contribution in [0.1, 0.15) is 27.5 Å². The minimum Gasteiger partial charge on any atom is -0.300 e. The van der Waals surface area contributed by atoms with E-state index in [1.54, 1.807) is 11.3 Å². The molecule has 2 nitrogen and oxygen atoms in total. The summed E-state index contributed by atoms with van der Waals surface area (Å²) in [6, 6.07) is 10.9. The predicted octanol–water partition coefficient (Wildman–Crippen LogP) is 4.45. The van der Waals surface area contributed by atoms with E-state index in [9.17, 15) is 0 Å². The summed E-state index contributed by atoms with van der Waals surface area (Å²) in [7, 11) is 2.18. The number of nitrogens with zero attached hydrogens (tertiary/aromatic N) is 2. The number of rotatable bonds is 2. The number of halogens is 1. The fourth-order valence-electron chi connectivity index (χ4n) is 3.41. The molecular formula is C18H17ClN2S. The zero-order chi connectivity index (χ0) is 15.1. The first-order valence-corrected chi connectivity index (χ1v) is 8.68. The molecule has 3 heterocycles. The Labute approximate surface area is 139 Å². The van der Waals surface area contributed by atoms with Gasteiger partial charge in [0.25, 0.3) is 0 Å². The van der Waals surface area contributed by atoms with Crippen molar-refractivity contribution in [2.45, 2.75) is 12.5 Å². The van der Waals surface area contributed by atoms with Crippen LogP contribution in [0.15, 0.2) is 41.4 Å². The normalized spacial score (nSPS) is 21.0. The van der Waals surface area contributed by atoms with Crippen LogP contribution in [-0.4, -0.2) is 31.3 Å². The fourth-order valence-corrected chi connectivity index (χ4v) is 4.83. The molecule has 1 atom stereocenters. The monoisotopic (exact) mass is 328 g/mol. The summed E-state index contributed by atoms with van der Waals surface area (Å²) in [6.45, 7) is 2.82. The number of hydrogen-bond donors (Lipinski definition) is 0. The molecule has 0 N–H and O–H groups in total. The van der Waals surface area contributed by atoms with Crippen molar-refractivity contribution < 1.29 is 0 Å². The highest BCUT2D eigenvalue weighted by atomic mass is 35.5. The summed E-state index contributed by atoms with van der Waals surface area (Å²) in [5, 5.41) is 0. The van der Waals surface area contributed by atoms with Gasteiger partial charge in [0.15, 0.2) is 0 Å². The van der Waals surface area contributed by atoms with Crippen LogP contribution in [0.5, 0.6) is 0 Å². The second-order valence-corrected chi connectivity index (χ2v) is 7.69. The first-order chi connectivity index (χ1) is 10.7. The minimum absolute atomic E-state index is 0.378. The molecule has 4 rings (SSSR count). The van der Waals surface area contributed by atoms with E-state index in [4.69, 9.17) is 11.6 Å². The average molecular weight is 329 g/mol. The maximum atomic E-state index is 6.29. The fraction of sp³-hybridized carbons (Fsp3) is 0.278. The smallest absolute Gasteiger partial charge is 0.0934 e. The number of allylic oxidation sites excluding steroid dienone is 1. The third kappa shape index (κ3) is 2.43. The second kappa shape index (κ2) is 5.65. The largest absolute Gasteiger partial charge is 0.300 e. The summed E-state index contributed by atoms with van der Waals surface area (Å²) in [5.41, 5.74) is 5.32. The van der Waals surface area contributed by atoms with Crippen LogP contribution >= 0.6 is 22.9 Å². The lowest BCUT2D eigenvalue weighted by atomic mass is 9.84. The predicted molar refractivity (Wildman–Crippen MR) is 95.3 cm³/mol. The molecule has 1 unspecified atom stereocenters. The standard InChI is InChI=1S/C18H17ClN2S/c1-21-10-16(15-8-18(19)22-17(15)11-21)14-5-3-2-4-13(14)12-6-7-20-9-12/h2-6,8-9,16H,7,10-11H2,1H3. The van der Waals surface area contributed by atoms with Gasteiger partial charge in [0.05, 0.1) is 10.9 Å². The lowest BCUT2D eigenvalue weighted by Crippen LogP contribution is -2.30. The van der Waals surface area contributed by atoms with E-state index in [1.165, 1.54) is 27.1 Å². The molecule has 0 saturated carbocycles. The zero-order valence-electron chi connectivity index (χ0n) is 12.4. The Balaban J connectivity index is 1.84.